The molecule has 7 rings (SSSR count). The van der Waals surface area contributed by atoms with E-state index in [1.165, 1.54) is 42.1 Å². The fourth-order valence-corrected chi connectivity index (χ4v) is 11.4. The van der Waals surface area contributed by atoms with Crippen LogP contribution in [0.5, 0.6) is 17.2 Å². The summed E-state index contributed by atoms with van der Waals surface area (Å²) in [6.45, 7) is 10.0. The van der Waals surface area contributed by atoms with E-state index in [0.29, 0.717) is 28.4 Å². The molecule has 1 atom stereocenters. The van der Waals surface area contributed by atoms with Crippen LogP contribution in [0.15, 0.2) is 113 Å². The van der Waals surface area contributed by atoms with Crippen molar-refractivity contribution in [1.29, 1.82) is 0 Å². The van der Waals surface area contributed by atoms with Crippen LogP contribution >= 0.6 is 0 Å². The second kappa shape index (κ2) is 21.7. The highest BCUT2D eigenvalue weighted by Crippen LogP contribution is 2.41. The number of benzene rings is 4. The summed E-state index contributed by atoms with van der Waals surface area (Å²) in [7, 11) is -5.26. The van der Waals surface area contributed by atoms with Crippen molar-refractivity contribution in [2.45, 2.75) is 94.6 Å². The van der Waals surface area contributed by atoms with Crippen molar-refractivity contribution in [3.05, 3.63) is 120 Å². The Labute approximate surface area is 419 Å². The van der Waals surface area contributed by atoms with Crippen molar-refractivity contribution < 1.29 is 50.1 Å². The minimum absolute atomic E-state index is 0.0444. The molecule has 0 spiro atoms. The molecular formula is C50H59N9O11S2. The van der Waals surface area contributed by atoms with Gasteiger partial charge in [-0.2, -0.15) is 9.10 Å². The van der Waals surface area contributed by atoms with Gasteiger partial charge in [-0.15, -0.1) is 10.2 Å². The van der Waals surface area contributed by atoms with Gasteiger partial charge in [0.15, 0.2) is 0 Å². The third-order valence-corrected chi connectivity index (χ3v) is 14.6. The summed E-state index contributed by atoms with van der Waals surface area (Å²) >= 11 is 0. The first-order chi connectivity index (χ1) is 34.0. The number of carbonyl (C=O) groups is 2. The monoisotopic (exact) mass is 1030 g/mol. The number of rotatable bonds is 17. The highest BCUT2D eigenvalue weighted by molar-refractivity contribution is 7.92. The van der Waals surface area contributed by atoms with Crippen LogP contribution in [0.2, 0.25) is 0 Å². The number of pyridine rings is 1. The third-order valence-electron chi connectivity index (χ3n) is 11.0. The van der Waals surface area contributed by atoms with Gasteiger partial charge in [0.05, 0.1) is 39.1 Å². The predicted molar refractivity (Wildman–Crippen MR) is 267 cm³/mol. The Morgan fingerprint density at radius 3 is 1.82 bits per heavy atom. The van der Waals surface area contributed by atoms with Gasteiger partial charge < -0.3 is 28.6 Å². The fraction of sp³-hybridized carbons (Fsp3) is 0.360. The number of amides is 2. The van der Waals surface area contributed by atoms with Crippen LogP contribution in [0.3, 0.4) is 0 Å². The lowest BCUT2D eigenvalue weighted by atomic mass is 10.0. The molecule has 3 heterocycles. The number of hydrogen-bond acceptors (Lipinski definition) is 15. The summed E-state index contributed by atoms with van der Waals surface area (Å²) in [5.41, 5.74) is 0.140. The van der Waals surface area contributed by atoms with E-state index < -0.39 is 59.3 Å². The summed E-state index contributed by atoms with van der Waals surface area (Å²) in [6, 6.07) is 27.2. The second-order valence-electron chi connectivity index (χ2n) is 18.8. The molecule has 6 aromatic rings. The maximum absolute atomic E-state index is 16.2. The van der Waals surface area contributed by atoms with E-state index in [9.17, 15) is 9.59 Å². The summed E-state index contributed by atoms with van der Waals surface area (Å²) in [5, 5.41) is 16.0. The molecule has 1 aliphatic rings. The number of tetrazole rings is 1. The maximum atomic E-state index is 16.2. The van der Waals surface area contributed by atoms with Gasteiger partial charge in [0.25, 0.3) is 0 Å². The highest BCUT2D eigenvalue weighted by atomic mass is 32.2. The zero-order valence-electron chi connectivity index (χ0n) is 41.6. The molecule has 2 aromatic heterocycles. The van der Waals surface area contributed by atoms with Crippen molar-refractivity contribution in [2.75, 3.05) is 39.7 Å². The standard InChI is InChI=1S/C50H59N9O11S2/c1-49(2,3)69-47(60)52-43-12-10-11-41(51-43)40-25-26-42(71(62,63)55-36-27-28-57(32-36)48(61)70-50(4,5)6)45(44(40)46-53-56-59(54-46)31-35-17-23-39(68-9)24-18-35)72(64,65)58(29-33-13-19-37(66-7)20-14-33)30-34-15-21-38(67-8)22-16-34/h10-26,36,55H,27-32H2,1-9H3,(H,51,52,60). The number of nitrogens with one attached hydrogen (secondary N) is 2. The van der Waals surface area contributed by atoms with E-state index in [2.05, 4.69) is 20.4 Å². The van der Waals surface area contributed by atoms with Crippen molar-refractivity contribution >= 4 is 38.1 Å². The van der Waals surface area contributed by atoms with Gasteiger partial charge in [-0.1, -0.05) is 48.5 Å². The Balaban J connectivity index is 1.45. The Morgan fingerprint density at radius 2 is 1.28 bits per heavy atom. The minimum atomic E-state index is -5.02. The second-order valence-corrected chi connectivity index (χ2v) is 22.4. The van der Waals surface area contributed by atoms with Gasteiger partial charge in [0.2, 0.25) is 25.9 Å². The minimum Gasteiger partial charge on any atom is -0.497 e. The van der Waals surface area contributed by atoms with Crippen LogP contribution in [0, 0.1) is 0 Å². The zero-order chi connectivity index (χ0) is 52.0. The first kappa shape index (κ1) is 52.7. The van der Waals surface area contributed by atoms with Gasteiger partial charge >= 0.3 is 12.2 Å². The molecule has 0 radical (unpaired) electrons. The number of carbonyl (C=O) groups excluding carboxylic acids is 2. The molecule has 0 saturated carbocycles. The Kier molecular flexibility index (Phi) is 15.9. The van der Waals surface area contributed by atoms with E-state index >= 15 is 16.8 Å². The lowest BCUT2D eigenvalue weighted by Crippen LogP contribution is -2.41. The number of hydrogen-bond donors (Lipinski definition) is 2. The lowest BCUT2D eigenvalue weighted by molar-refractivity contribution is 0.0291. The summed E-state index contributed by atoms with van der Waals surface area (Å²) in [5.74, 6) is 1.48. The normalized spacial score (nSPS) is 14.2. The number of ether oxygens (including phenoxy) is 5. The van der Waals surface area contributed by atoms with Gasteiger partial charge in [0.1, 0.15) is 44.1 Å². The van der Waals surface area contributed by atoms with E-state index in [1.807, 2.05) is 0 Å². The Morgan fingerprint density at radius 1 is 0.722 bits per heavy atom. The number of nitrogens with zero attached hydrogens (tertiary/aromatic N) is 7. The smallest absolute Gasteiger partial charge is 0.413 e. The van der Waals surface area contributed by atoms with Gasteiger partial charge in [-0.25, -0.2) is 36.1 Å². The zero-order valence-corrected chi connectivity index (χ0v) is 43.2. The van der Waals surface area contributed by atoms with E-state index in [4.69, 9.17) is 33.8 Å². The van der Waals surface area contributed by atoms with E-state index in [-0.39, 0.29) is 67.6 Å². The molecule has 382 valence electrons. The molecule has 2 N–H and O–H groups in total. The van der Waals surface area contributed by atoms with Crippen molar-refractivity contribution in [3.63, 3.8) is 0 Å². The molecule has 2 amide bonds. The maximum Gasteiger partial charge on any atom is 0.413 e. The Hall–Kier alpha value is -7.14. The number of sulfonamides is 2. The van der Waals surface area contributed by atoms with Crippen molar-refractivity contribution in [2.24, 2.45) is 0 Å². The number of anilines is 1. The highest BCUT2D eigenvalue weighted by Gasteiger charge is 2.40. The lowest BCUT2D eigenvalue weighted by Gasteiger charge is -2.27. The molecule has 1 saturated heterocycles. The molecule has 4 aromatic carbocycles. The van der Waals surface area contributed by atoms with Gasteiger partial charge in [-0.3, -0.25) is 5.32 Å². The SMILES string of the molecule is COc1ccc(CN(Cc2ccc(OC)cc2)S(=O)(=O)c2c(S(=O)(=O)NC3CCN(C(=O)OC(C)(C)C)C3)ccc(-c3cccc(NC(=O)OC(C)(C)C)n3)c2-c2nnn(Cc3ccc(OC)cc3)n2)cc1. The van der Waals surface area contributed by atoms with Crippen LogP contribution in [-0.4, -0.2) is 115 Å². The Bertz CT molecular complexity index is 3050. The van der Waals surface area contributed by atoms with Crippen LogP contribution < -0.4 is 24.2 Å². The number of methoxy groups -OCH3 is 3. The summed E-state index contributed by atoms with van der Waals surface area (Å²) in [4.78, 5) is 32.1. The first-order valence-electron chi connectivity index (χ1n) is 22.9. The van der Waals surface area contributed by atoms with E-state index in [0.717, 1.165) is 9.87 Å². The molecule has 72 heavy (non-hydrogen) atoms. The average molecular weight is 1030 g/mol. The molecule has 0 bridgehead atoms. The predicted octanol–water partition coefficient (Wildman–Crippen LogP) is 7.50. The first-order valence-corrected chi connectivity index (χ1v) is 25.8. The summed E-state index contributed by atoms with van der Waals surface area (Å²) < 4.78 is 93.7. The van der Waals surface area contributed by atoms with Crippen molar-refractivity contribution in [3.8, 4) is 39.9 Å². The third kappa shape index (κ3) is 13.2. The number of aromatic nitrogens is 5. The van der Waals surface area contributed by atoms with Crippen LogP contribution in [0.4, 0.5) is 15.4 Å². The van der Waals surface area contributed by atoms with Crippen molar-refractivity contribution in [1.82, 2.24) is 39.1 Å². The van der Waals surface area contributed by atoms with Gasteiger partial charge in [-0.05, 0) is 124 Å². The molecule has 22 heteroatoms. The molecule has 0 aliphatic carbocycles. The van der Waals surface area contributed by atoms with Crippen LogP contribution in [-0.2, 0) is 49.2 Å². The molecule has 1 unspecified atom stereocenters. The quantitative estimate of drug-likeness (QED) is 0.0900. The largest absolute Gasteiger partial charge is 0.497 e. The van der Waals surface area contributed by atoms with Crippen LogP contribution in [0.25, 0.3) is 22.6 Å². The molecule has 1 aliphatic heterocycles. The fourth-order valence-electron chi connectivity index (χ4n) is 7.69. The van der Waals surface area contributed by atoms with E-state index in [1.54, 1.807) is 134 Å². The molecular weight excluding hydrogens is 967 g/mol. The average Bonchev–Trinajstić information content (AvgIpc) is 4.00. The molecule has 1 fully saturated rings. The number of likely N-dealkylation sites (tertiary alicyclic amines) is 1. The summed E-state index contributed by atoms with van der Waals surface area (Å²) in [6.07, 6.45) is -1.21. The topological polar surface area (TPSA) is 236 Å². The van der Waals surface area contributed by atoms with Crippen LogP contribution in [0.1, 0.15) is 64.7 Å². The van der Waals surface area contributed by atoms with Gasteiger partial charge in [0, 0.05) is 37.8 Å². The molecule has 20 nitrogen and oxygen atoms in total.